The zero-order chi connectivity index (χ0) is 11.2. The molecule has 0 aliphatic rings. The molecule has 0 atom stereocenters. The number of anilines is 1. The molecule has 0 spiro atoms. The average molecular weight is 205 g/mol. The number of benzene rings is 1. The summed E-state index contributed by atoms with van der Waals surface area (Å²) in [5.74, 6) is -0.309. The highest BCUT2D eigenvalue weighted by Crippen LogP contribution is 2.15. The molecule has 2 rings (SSSR count). The van der Waals surface area contributed by atoms with Crippen LogP contribution in [0.4, 0.5) is 5.69 Å². The third kappa shape index (κ3) is 1.24. The fraction of sp³-hybridized carbons (Fsp3) is 0.200. The molecular weight excluding hydrogens is 194 g/mol. The first-order valence-electron chi connectivity index (χ1n) is 4.50. The van der Waals surface area contributed by atoms with Crippen LogP contribution in [0.15, 0.2) is 23.0 Å². The number of carbonyl (C=O) groups excluding carboxylic acids is 1. The number of nitrogen functional groups attached to an aromatic ring is 1. The molecule has 2 N–H and O–H groups in total. The van der Waals surface area contributed by atoms with Crippen molar-refractivity contribution in [2.24, 2.45) is 7.05 Å². The Morgan fingerprint density at radius 1 is 1.33 bits per heavy atom. The minimum atomic E-state index is -0.344. The number of fused-ring (bicyclic) bond motifs is 1. The topological polar surface area (TPSA) is 70.0 Å². The number of imidazole rings is 1. The van der Waals surface area contributed by atoms with E-state index in [9.17, 15) is 9.59 Å². The maximum Gasteiger partial charge on any atom is 0.335 e. The van der Waals surface area contributed by atoms with Gasteiger partial charge in [-0.15, -0.1) is 0 Å². The van der Waals surface area contributed by atoms with E-state index in [0.29, 0.717) is 16.7 Å². The second-order valence-corrected chi connectivity index (χ2v) is 3.44. The van der Waals surface area contributed by atoms with Crippen molar-refractivity contribution >= 4 is 22.6 Å². The summed E-state index contributed by atoms with van der Waals surface area (Å²) in [6.07, 6.45) is 0. The van der Waals surface area contributed by atoms with E-state index in [4.69, 9.17) is 5.73 Å². The van der Waals surface area contributed by atoms with E-state index in [2.05, 4.69) is 0 Å². The smallest absolute Gasteiger partial charge is 0.335 e. The Balaban J connectivity index is 3.02. The Bertz CT molecular complexity index is 607. The molecule has 0 radical (unpaired) electrons. The largest absolute Gasteiger partial charge is 0.399 e. The van der Waals surface area contributed by atoms with Gasteiger partial charge in [-0.2, -0.15) is 0 Å². The number of aryl methyl sites for hydroxylation is 1. The van der Waals surface area contributed by atoms with E-state index in [0.717, 1.165) is 4.57 Å². The van der Waals surface area contributed by atoms with Crippen molar-refractivity contribution < 1.29 is 4.79 Å². The average Bonchev–Trinajstić information content (AvgIpc) is 2.39. The fourth-order valence-electron chi connectivity index (χ4n) is 1.66. The summed E-state index contributed by atoms with van der Waals surface area (Å²) < 4.78 is 2.54. The molecule has 5 nitrogen and oxygen atoms in total. The number of hydrogen-bond acceptors (Lipinski definition) is 3. The minimum Gasteiger partial charge on any atom is -0.399 e. The first-order chi connectivity index (χ1) is 7.02. The van der Waals surface area contributed by atoms with Gasteiger partial charge in [0.25, 0.3) is 0 Å². The molecule has 1 aromatic carbocycles. The van der Waals surface area contributed by atoms with Gasteiger partial charge < -0.3 is 5.73 Å². The van der Waals surface area contributed by atoms with Gasteiger partial charge in [-0.3, -0.25) is 9.36 Å². The molecule has 5 heteroatoms. The third-order valence-electron chi connectivity index (χ3n) is 2.39. The lowest BCUT2D eigenvalue weighted by atomic mass is 10.3. The Labute approximate surface area is 85.7 Å². The normalized spacial score (nSPS) is 10.8. The first kappa shape index (κ1) is 9.51. The predicted molar refractivity (Wildman–Crippen MR) is 57.9 cm³/mol. The van der Waals surface area contributed by atoms with Crippen LogP contribution >= 0.6 is 0 Å². The minimum absolute atomic E-state index is 0.309. The van der Waals surface area contributed by atoms with Crippen LogP contribution in [0.1, 0.15) is 11.7 Å². The summed E-state index contributed by atoms with van der Waals surface area (Å²) in [6.45, 7) is 1.35. The molecule has 0 saturated heterocycles. The van der Waals surface area contributed by atoms with Gasteiger partial charge >= 0.3 is 5.69 Å². The number of rotatable bonds is 0. The van der Waals surface area contributed by atoms with Crippen molar-refractivity contribution in [3.8, 4) is 0 Å². The summed E-state index contributed by atoms with van der Waals surface area (Å²) in [5.41, 5.74) is 7.05. The van der Waals surface area contributed by atoms with Crippen LogP contribution in [0.5, 0.6) is 0 Å². The van der Waals surface area contributed by atoms with E-state index in [1.54, 1.807) is 25.2 Å². The number of carbonyl (C=O) groups is 1. The second kappa shape index (κ2) is 2.98. The van der Waals surface area contributed by atoms with Gasteiger partial charge in [0.15, 0.2) is 0 Å². The van der Waals surface area contributed by atoms with E-state index in [1.807, 2.05) is 0 Å². The van der Waals surface area contributed by atoms with E-state index >= 15 is 0 Å². The molecule has 0 unspecified atom stereocenters. The van der Waals surface area contributed by atoms with E-state index < -0.39 is 0 Å². The van der Waals surface area contributed by atoms with Crippen LogP contribution in [-0.4, -0.2) is 15.0 Å². The van der Waals surface area contributed by atoms with Crippen molar-refractivity contribution in [2.45, 2.75) is 6.92 Å². The SMILES string of the molecule is CC(=O)n1c(=O)n(C)c2ccc(N)cc21. The summed E-state index contributed by atoms with van der Waals surface area (Å²) in [7, 11) is 1.63. The number of hydrogen-bond donors (Lipinski definition) is 1. The molecule has 0 bridgehead atoms. The van der Waals surface area contributed by atoms with Gasteiger partial charge in [0.1, 0.15) is 0 Å². The molecule has 1 aromatic heterocycles. The molecule has 1 heterocycles. The lowest BCUT2D eigenvalue weighted by Crippen LogP contribution is -2.25. The molecule has 0 aliphatic heterocycles. The molecule has 0 saturated carbocycles. The highest BCUT2D eigenvalue weighted by molar-refractivity contribution is 5.90. The van der Waals surface area contributed by atoms with Crippen LogP contribution < -0.4 is 11.4 Å². The Morgan fingerprint density at radius 2 is 2.00 bits per heavy atom. The molecule has 0 fully saturated rings. The van der Waals surface area contributed by atoms with Crippen molar-refractivity contribution in [2.75, 3.05) is 5.73 Å². The van der Waals surface area contributed by atoms with Crippen LogP contribution in [0.2, 0.25) is 0 Å². The van der Waals surface area contributed by atoms with Gasteiger partial charge in [-0.05, 0) is 18.2 Å². The summed E-state index contributed by atoms with van der Waals surface area (Å²) in [4.78, 5) is 23.0. The van der Waals surface area contributed by atoms with Crippen molar-refractivity contribution in [3.63, 3.8) is 0 Å². The van der Waals surface area contributed by atoms with Crippen LogP contribution in [-0.2, 0) is 7.05 Å². The highest BCUT2D eigenvalue weighted by atomic mass is 16.2. The van der Waals surface area contributed by atoms with E-state index in [-0.39, 0.29) is 11.6 Å². The quantitative estimate of drug-likeness (QED) is 0.639. The molecule has 78 valence electrons. The van der Waals surface area contributed by atoms with Crippen LogP contribution in [0.3, 0.4) is 0 Å². The second-order valence-electron chi connectivity index (χ2n) is 3.44. The Kier molecular flexibility index (Phi) is 1.89. The zero-order valence-electron chi connectivity index (χ0n) is 8.52. The lowest BCUT2D eigenvalue weighted by molar-refractivity contribution is 0.0936. The fourth-order valence-corrected chi connectivity index (χ4v) is 1.66. The molecule has 2 aromatic rings. The van der Waals surface area contributed by atoms with Crippen molar-refractivity contribution in [3.05, 3.63) is 28.7 Å². The van der Waals surface area contributed by atoms with Gasteiger partial charge in [-0.1, -0.05) is 0 Å². The number of nitrogens with two attached hydrogens (primary N) is 1. The van der Waals surface area contributed by atoms with Crippen LogP contribution in [0, 0.1) is 0 Å². The monoisotopic (exact) mass is 205 g/mol. The van der Waals surface area contributed by atoms with Crippen molar-refractivity contribution in [1.82, 2.24) is 9.13 Å². The Hall–Kier alpha value is -2.04. The first-order valence-corrected chi connectivity index (χ1v) is 4.50. The molecule has 0 amide bonds. The molecule has 0 aliphatic carbocycles. The van der Waals surface area contributed by atoms with Gasteiger partial charge in [0.2, 0.25) is 5.91 Å². The lowest BCUT2D eigenvalue weighted by Gasteiger charge is -1.97. The maximum atomic E-state index is 11.7. The maximum absolute atomic E-state index is 11.7. The van der Waals surface area contributed by atoms with Gasteiger partial charge in [0.05, 0.1) is 11.0 Å². The van der Waals surface area contributed by atoms with Crippen LogP contribution in [0.25, 0.3) is 11.0 Å². The summed E-state index contributed by atoms with van der Waals surface area (Å²) >= 11 is 0. The Morgan fingerprint density at radius 3 is 2.60 bits per heavy atom. The van der Waals surface area contributed by atoms with Crippen molar-refractivity contribution in [1.29, 1.82) is 0 Å². The molecule has 15 heavy (non-hydrogen) atoms. The number of aromatic nitrogens is 2. The molecular formula is C10H11N3O2. The zero-order valence-corrected chi connectivity index (χ0v) is 8.52. The van der Waals surface area contributed by atoms with Gasteiger partial charge in [0, 0.05) is 19.7 Å². The predicted octanol–water partition coefficient (Wildman–Crippen LogP) is 0.582. The third-order valence-corrected chi connectivity index (χ3v) is 2.39. The highest BCUT2D eigenvalue weighted by Gasteiger charge is 2.13. The van der Waals surface area contributed by atoms with Gasteiger partial charge in [-0.25, -0.2) is 9.36 Å². The summed E-state index contributed by atoms with van der Waals surface area (Å²) in [5, 5.41) is 0. The summed E-state index contributed by atoms with van der Waals surface area (Å²) in [6, 6.07) is 5.05. The number of nitrogens with zero attached hydrogens (tertiary/aromatic N) is 2. The van der Waals surface area contributed by atoms with E-state index in [1.165, 1.54) is 11.5 Å². The standard InChI is InChI=1S/C10H11N3O2/c1-6(14)13-9-5-7(11)3-4-8(9)12(2)10(13)15/h3-5H,11H2,1-2H3.